The Kier molecular flexibility index (Phi) is 23.9. The number of nitrogens with zero attached hydrogens (tertiary/aromatic N) is 4. The Balaban J connectivity index is 0.000000682. The van der Waals surface area contributed by atoms with Crippen molar-refractivity contribution in [2.45, 2.75) is 117 Å². The third-order valence-corrected chi connectivity index (χ3v) is 6.20. The number of rotatable bonds is 18. The van der Waals surface area contributed by atoms with Crippen LogP contribution in [0.4, 0.5) is 0 Å². The molecule has 211 valence electrons. The van der Waals surface area contributed by atoms with Crippen LogP contribution >= 0.6 is 0 Å². The molecule has 2 rings (SSSR count). The van der Waals surface area contributed by atoms with Gasteiger partial charge in [0.25, 0.3) is 0 Å². The Morgan fingerprint density at radius 3 is 1.22 bits per heavy atom. The van der Waals surface area contributed by atoms with Crippen LogP contribution in [-0.2, 0) is 17.1 Å². The van der Waals surface area contributed by atoms with Gasteiger partial charge in [-0.15, -0.1) is 0 Å². The van der Waals surface area contributed by atoms with Crippen LogP contribution in [0.5, 0.6) is 0 Å². The van der Waals surface area contributed by atoms with Gasteiger partial charge in [0.05, 0.1) is 11.4 Å². The molecule has 2 aromatic rings. The van der Waals surface area contributed by atoms with Gasteiger partial charge < -0.3 is 10.4 Å². The topological polar surface area (TPSA) is 91.0 Å². The van der Waals surface area contributed by atoms with Gasteiger partial charge in [0.15, 0.2) is 0 Å². The minimum atomic E-state index is 0. The van der Waals surface area contributed by atoms with Crippen LogP contribution in [0.15, 0.2) is 59.1 Å². The number of hydrogen-bond donors (Lipinski definition) is 2. The molecule has 2 N–H and O–H groups in total. The molecule has 0 spiro atoms. The molecule has 2 aromatic heterocycles. The molecule has 0 saturated heterocycles. The summed E-state index contributed by atoms with van der Waals surface area (Å²) in [5, 5.41) is 24.7. The van der Waals surface area contributed by atoms with Crippen LogP contribution in [0.2, 0.25) is 0 Å². The van der Waals surface area contributed by atoms with Crippen molar-refractivity contribution < 1.29 is 27.5 Å². The van der Waals surface area contributed by atoms with Crippen LogP contribution in [0.3, 0.4) is 0 Å². The first-order valence-corrected chi connectivity index (χ1v) is 14.0. The first-order valence-electron chi connectivity index (χ1n) is 14.0. The van der Waals surface area contributed by atoms with Crippen molar-refractivity contribution in [3.63, 3.8) is 0 Å². The van der Waals surface area contributed by atoms with E-state index in [1.807, 2.05) is 36.4 Å². The number of hydrogen-bond acceptors (Lipinski definition) is 6. The van der Waals surface area contributed by atoms with Crippen molar-refractivity contribution in [2.24, 2.45) is 10.3 Å². The number of pyridine rings is 2. The predicted octanol–water partition coefficient (Wildman–Crippen LogP) is 8.80. The zero-order valence-corrected chi connectivity index (χ0v) is 23.9. The monoisotopic (exact) mass is 559 g/mol. The van der Waals surface area contributed by atoms with Crippen LogP contribution in [0, 0.1) is 0 Å². The van der Waals surface area contributed by atoms with E-state index in [2.05, 4.69) is 34.1 Å². The maximum Gasteiger partial charge on any atom is 0.105 e. The van der Waals surface area contributed by atoms with Crippen LogP contribution < -0.4 is 0 Å². The summed E-state index contributed by atoms with van der Waals surface area (Å²) >= 11 is 0. The molecule has 0 amide bonds. The molecule has 0 atom stereocenters. The van der Waals surface area contributed by atoms with E-state index in [0.717, 1.165) is 37.1 Å². The van der Waals surface area contributed by atoms with E-state index < -0.39 is 0 Å². The zero-order chi connectivity index (χ0) is 26.1. The smallest absolute Gasteiger partial charge is 0.105 e. The zero-order valence-electron chi connectivity index (χ0n) is 22.9. The molecule has 37 heavy (non-hydrogen) atoms. The van der Waals surface area contributed by atoms with Gasteiger partial charge in [0.2, 0.25) is 0 Å². The van der Waals surface area contributed by atoms with Gasteiger partial charge in [0, 0.05) is 29.5 Å². The summed E-state index contributed by atoms with van der Waals surface area (Å²) in [5.41, 5.74) is 2.96. The molecule has 0 fully saturated rings. The fraction of sp³-hybridized carbons (Fsp3) is 0.600. The standard InChI is InChI=1S/2C15H24N2O.Cu/c2*1-2-3-4-5-6-7-8-12-15(17-18)14-11-9-10-13-16-14;/h2*9-11,13,18H,2-8,12H2,1H3;. The van der Waals surface area contributed by atoms with Gasteiger partial charge in [-0.05, 0) is 49.9 Å². The second-order valence-corrected chi connectivity index (χ2v) is 9.27. The summed E-state index contributed by atoms with van der Waals surface area (Å²) in [5.74, 6) is 0. The molecule has 0 aromatic carbocycles. The summed E-state index contributed by atoms with van der Waals surface area (Å²) < 4.78 is 0. The molecule has 0 saturated carbocycles. The van der Waals surface area contributed by atoms with E-state index in [1.54, 1.807) is 12.4 Å². The van der Waals surface area contributed by atoms with Crippen molar-refractivity contribution >= 4 is 11.4 Å². The largest absolute Gasteiger partial charge is 0.411 e. The Labute approximate surface area is 235 Å². The van der Waals surface area contributed by atoms with Crippen molar-refractivity contribution in [1.29, 1.82) is 0 Å². The number of unbranched alkanes of at least 4 members (excludes halogenated alkanes) is 12. The maximum absolute atomic E-state index is 9.00. The van der Waals surface area contributed by atoms with E-state index in [0.29, 0.717) is 11.4 Å². The van der Waals surface area contributed by atoms with E-state index in [9.17, 15) is 0 Å². The molecule has 2 heterocycles. The molecule has 0 aliphatic rings. The molecule has 0 bridgehead atoms. The summed E-state index contributed by atoms with van der Waals surface area (Å²) in [6.45, 7) is 4.47. The van der Waals surface area contributed by atoms with Gasteiger partial charge in [-0.1, -0.05) is 113 Å². The van der Waals surface area contributed by atoms with E-state index >= 15 is 0 Å². The Bertz CT molecular complexity index is 747. The SMILES string of the molecule is CCCCCCCCCC(=NO)c1ccccn1.CCCCCCCCCC(=NO)c1ccccn1.[Cu]. The second-order valence-electron chi connectivity index (χ2n) is 9.27. The number of oxime groups is 2. The third-order valence-electron chi connectivity index (χ3n) is 6.20. The van der Waals surface area contributed by atoms with Crippen molar-refractivity contribution in [3.05, 3.63) is 60.2 Å². The summed E-state index contributed by atoms with van der Waals surface area (Å²) in [4.78, 5) is 8.40. The average molecular weight is 560 g/mol. The minimum absolute atomic E-state index is 0. The van der Waals surface area contributed by atoms with Crippen LogP contribution in [0.25, 0.3) is 0 Å². The summed E-state index contributed by atoms with van der Waals surface area (Å²) in [6, 6.07) is 11.3. The molecule has 0 unspecified atom stereocenters. The van der Waals surface area contributed by atoms with Gasteiger partial charge >= 0.3 is 0 Å². The Morgan fingerprint density at radius 2 is 0.919 bits per heavy atom. The Hall–Kier alpha value is -2.24. The van der Waals surface area contributed by atoms with Crippen molar-refractivity contribution in [2.75, 3.05) is 0 Å². The van der Waals surface area contributed by atoms with Gasteiger partial charge in [-0.3, -0.25) is 9.97 Å². The first-order chi connectivity index (χ1) is 17.8. The molecule has 7 heteroatoms. The van der Waals surface area contributed by atoms with Crippen LogP contribution in [0.1, 0.15) is 128 Å². The molecule has 6 nitrogen and oxygen atoms in total. The molecular weight excluding hydrogens is 512 g/mol. The van der Waals surface area contributed by atoms with Gasteiger partial charge in [0.1, 0.15) is 11.4 Å². The maximum atomic E-state index is 9.00. The number of aromatic nitrogens is 2. The fourth-order valence-corrected chi connectivity index (χ4v) is 4.02. The molecule has 0 aliphatic carbocycles. The van der Waals surface area contributed by atoms with E-state index in [1.165, 1.54) is 77.0 Å². The summed E-state index contributed by atoms with van der Waals surface area (Å²) in [6.07, 6.45) is 22.8. The third kappa shape index (κ3) is 17.8. The molecule has 1 radical (unpaired) electrons. The minimum Gasteiger partial charge on any atom is -0.411 e. The normalized spacial score (nSPS) is 11.4. The molecular formula is C30H48CuN4O2. The second kappa shape index (κ2) is 25.4. The predicted molar refractivity (Wildman–Crippen MR) is 150 cm³/mol. The summed E-state index contributed by atoms with van der Waals surface area (Å²) in [7, 11) is 0. The Morgan fingerprint density at radius 1 is 0.568 bits per heavy atom. The van der Waals surface area contributed by atoms with Gasteiger partial charge in [-0.25, -0.2) is 0 Å². The van der Waals surface area contributed by atoms with Crippen molar-refractivity contribution in [3.8, 4) is 0 Å². The van der Waals surface area contributed by atoms with E-state index in [-0.39, 0.29) is 17.1 Å². The first kappa shape index (κ1) is 34.8. The van der Waals surface area contributed by atoms with Crippen LogP contribution in [-0.4, -0.2) is 31.8 Å². The van der Waals surface area contributed by atoms with Gasteiger partial charge in [-0.2, -0.15) is 0 Å². The average Bonchev–Trinajstić information content (AvgIpc) is 2.93. The fourth-order valence-electron chi connectivity index (χ4n) is 4.02. The van der Waals surface area contributed by atoms with E-state index in [4.69, 9.17) is 10.4 Å². The van der Waals surface area contributed by atoms with Crippen molar-refractivity contribution in [1.82, 2.24) is 9.97 Å². The molecule has 0 aliphatic heterocycles. The quantitative estimate of drug-likeness (QED) is 0.0627.